The van der Waals surface area contributed by atoms with Crippen LogP contribution in [0.3, 0.4) is 0 Å². The second-order valence-corrected chi connectivity index (χ2v) is 4.18. The van der Waals surface area contributed by atoms with E-state index in [-0.39, 0.29) is 5.97 Å². The molecule has 0 heterocycles. The minimum absolute atomic E-state index is 0.373. The predicted octanol–water partition coefficient (Wildman–Crippen LogP) is 2.42. The van der Waals surface area contributed by atoms with Gasteiger partial charge in [-0.3, -0.25) is 0 Å². The van der Waals surface area contributed by atoms with Crippen molar-refractivity contribution in [3.05, 3.63) is 22.8 Å². The molecule has 0 saturated heterocycles. The number of esters is 1. The Hall–Kier alpha value is -1.71. The molecule has 0 aliphatic carbocycles. The third-order valence-electron chi connectivity index (χ3n) is 2.83. The SMILES string of the molecule is CCCCOC(=O)c1cc(C)c(N)c(C)c1N. The van der Waals surface area contributed by atoms with Crippen molar-refractivity contribution in [3.63, 3.8) is 0 Å². The zero-order valence-corrected chi connectivity index (χ0v) is 10.7. The van der Waals surface area contributed by atoms with Gasteiger partial charge in [-0.05, 0) is 37.5 Å². The molecule has 0 atom stereocenters. The molecule has 4 heteroatoms. The van der Waals surface area contributed by atoms with Gasteiger partial charge in [0.1, 0.15) is 0 Å². The molecule has 0 aliphatic heterocycles. The molecule has 0 aromatic heterocycles. The quantitative estimate of drug-likeness (QED) is 0.478. The van der Waals surface area contributed by atoms with Crippen molar-refractivity contribution < 1.29 is 9.53 Å². The van der Waals surface area contributed by atoms with Crippen LogP contribution in [0.25, 0.3) is 0 Å². The van der Waals surface area contributed by atoms with Crippen LogP contribution in [0.4, 0.5) is 11.4 Å². The topological polar surface area (TPSA) is 78.3 Å². The van der Waals surface area contributed by atoms with E-state index < -0.39 is 0 Å². The molecule has 4 nitrogen and oxygen atoms in total. The number of ether oxygens (including phenoxy) is 1. The largest absolute Gasteiger partial charge is 0.462 e. The van der Waals surface area contributed by atoms with E-state index in [1.54, 1.807) is 13.0 Å². The van der Waals surface area contributed by atoms with Crippen molar-refractivity contribution in [2.24, 2.45) is 0 Å². The van der Waals surface area contributed by atoms with Crippen LogP contribution >= 0.6 is 0 Å². The van der Waals surface area contributed by atoms with Crippen LogP contribution < -0.4 is 11.5 Å². The van der Waals surface area contributed by atoms with E-state index in [1.165, 1.54) is 0 Å². The van der Waals surface area contributed by atoms with Crippen LogP contribution in [0.2, 0.25) is 0 Å². The molecule has 1 rings (SSSR count). The van der Waals surface area contributed by atoms with Crippen molar-refractivity contribution in [2.45, 2.75) is 33.6 Å². The average molecular weight is 236 g/mol. The summed E-state index contributed by atoms with van der Waals surface area (Å²) in [6.07, 6.45) is 1.85. The molecule has 0 unspecified atom stereocenters. The van der Waals surface area contributed by atoms with Crippen LogP contribution in [0.1, 0.15) is 41.3 Å². The molecule has 1 aromatic rings. The molecule has 94 valence electrons. The second-order valence-electron chi connectivity index (χ2n) is 4.18. The molecule has 0 aliphatic rings. The van der Waals surface area contributed by atoms with Gasteiger partial charge in [0.2, 0.25) is 0 Å². The molecule has 0 spiro atoms. The number of hydrogen-bond donors (Lipinski definition) is 2. The lowest BCUT2D eigenvalue weighted by Crippen LogP contribution is -2.12. The molecule has 4 N–H and O–H groups in total. The first kappa shape index (κ1) is 13.4. The van der Waals surface area contributed by atoms with E-state index in [1.807, 2.05) is 13.8 Å². The van der Waals surface area contributed by atoms with E-state index >= 15 is 0 Å². The minimum Gasteiger partial charge on any atom is -0.462 e. The lowest BCUT2D eigenvalue weighted by molar-refractivity contribution is 0.0501. The summed E-state index contributed by atoms with van der Waals surface area (Å²) in [4.78, 5) is 11.8. The van der Waals surface area contributed by atoms with Gasteiger partial charge in [0.15, 0.2) is 0 Å². The molecule has 0 amide bonds. The summed E-state index contributed by atoms with van der Waals surface area (Å²) in [5.74, 6) is -0.373. The average Bonchev–Trinajstić information content (AvgIpc) is 2.31. The summed E-state index contributed by atoms with van der Waals surface area (Å²) >= 11 is 0. The highest BCUT2D eigenvalue weighted by Crippen LogP contribution is 2.27. The van der Waals surface area contributed by atoms with Gasteiger partial charge in [-0.15, -0.1) is 0 Å². The van der Waals surface area contributed by atoms with Gasteiger partial charge in [-0.25, -0.2) is 4.79 Å². The van der Waals surface area contributed by atoms with Gasteiger partial charge in [0, 0.05) is 5.69 Å². The fourth-order valence-electron chi connectivity index (χ4n) is 1.57. The maximum Gasteiger partial charge on any atom is 0.340 e. The van der Waals surface area contributed by atoms with Gasteiger partial charge in [0.25, 0.3) is 0 Å². The number of hydrogen-bond acceptors (Lipinski definition) is 4. The Balaban J connectivity index is 2.94. The van der Waals surface area contributed by atoms with E-state index in [9.17, 15) is 4.79 Å². The highest BCUT2D eigenvalue weighted by Gasteiger charge is 2.15. The zero-order valence-electron chi connectivity index (χ0n) is 10.7. The standard InChI is InChI=1S/C13H20N2O2/c1-4-5-6-17-13(16)10-7-8(2)11(14)9(3)12(10)15/h7H,4-6,14-15H2,1-3H3. The predicted molar refractivity (Wildman–Crippen MR) is 69.9 cm³/mol. The number of nitrogens with two attached hydrogens (primary N) is 2. The molecule has 0 bridgehead atoms. The molecule has 17 heavy (non-hydrogen) atoms. The lowest BCUT2D eigenvalue weighted by Gasteiger charge is -2.12. The Labute approximate surface area is 102 Å². The fraction of sp³-hybridized carbons (Fsp3) is 0.462. The minimum atomic E-state index is -0.373. The van der Waals surface area contributed by atoms with Crippen molar-refractivity contribution in [1.82, 2.24) is 0 Å². The highest BCUT2D eigenvalue weighted by atomic mass is 16.5. The van der Waals surface area contributed by atoms with E-state index in [2.05, 4.69) is 0 Å². The Morgan fingerprint density at radius 1 is 1.29 bits per heavy atom. The zero-order chi connectivity index (χ0) is 13.0. The van der Waals surface area contributed by atoms with Crippen LogP contribution in [0, 0.1) is 13.8 Å². The first-order chi connectivity index (χ1) is 7.99. The van der Waals surface area contributed by atoms with E-state index in [0.29, 0.717) is 23.5 Å². The number of benzene rings is 1. The number of rotatable bonds is 4. The maximum atomic E-state index is 11.8. The van der Waals surface area contributed by atoms with Gasteiger partial charge < -0.3 is 16.2 Å². The smallest absolute Gasteiger partial charge is 0.340 e. The summed E-state index contributed by atoms with van der Waals surface area (Å²) in [5.41, 5.74) is 14.8. The number of nitrogen functional groups attached to an aromatic ring is 2. The Kier molecular flexibility index (Phi) is 4.37. The van der Waals surface area contributed by atoms with Gasteiger partial charge in [0.05, 0.1) is 17.9 Å². The van der Waals surface area contributed by atoms with Gasteiger partial charge in [-0.2, -0.15) is 0 Å². The number of anilines is 2. The Bertz CT molecular complexity index is 428. The lowest BCUT2D eigenvalue weighted by atomic mass is 10.0. The summed E-state index contributed by atoms with van der Waals surface area (Å²) in [7, 11) is 0. The van der Waals surface area contributed by atoms with E-state index in [4.69, 9.17) is 16.2 Å². The normalized spacial score (nSPS) is 10.3. The van der Waals surface area contributed by atoms with Crippen LogP contribution in [0.5, 0.6) is 0 Å². The number of carbonyl (C=O) groups is 1. The second kappa shape index (κ2) is 5.57. The van der Waals surface area contributed by atoms with Crippen molar-refractivity contribution in [1.29, 1.82) is 0 Å². The maximum absolute atomic E-state index is 11.8. The van der Waals surface area contributed by atoms with Crippen LogP contribution in [0.15, 0.2) is 6.07 Å². The van der Waals surface area contributed by atoms with Gasteiger partial charge >= 0.3 is 5.97 Å². The highest BCUT2D eigenvalue weighted by molar-refractivity contribution is 5.97. The molecule has 1 aromatic carbocycles. The molecule has 0 saturated carbocycles. The first-order valence-corrected chi connectivity index (χ1v) is 5.81. The third kappa shape index (κ3) is 2.90. The van der Waals surface area contributed by atoms with E-state index in [0.717, 1.165) is 24.0 Å². The Morgan fingerprint density at radius 2 is 1.94 bits per heavy atom. The summed E-state index contributed by atoms with van der Waals surface area (Å²) in [5, 5.41) is 0. The number of unbranched alkanes of at least 4 members (excludes halogenated alkanes) is 1. The first-order valence-electron chi connectivity index (χ1n) is 5.81. The monoisotopic (exact) mass is 236 g/mol. The molecule has 0 fully saturated rings. The fourth-order valence-corrected chi connectivity index (χ4v) is 1.57. The van der Waals surface area contributed by atoms with Crippen LogP contribution in [-0.4, -0.2) is 12.6 Å². The Morgan fingerprint density at radius 3 is 2.53 bits per heavy atom. The summed E-state index contributed by atoms with van der Waals surface area (Å²) < 4.78 is 5.14. The molecule has 0 radical (unpaired) electrons. The molecular formula is C13H20N2O2. The summed E-state index contributed by atoms with van der Waals surface area (Å²) in [6, 6.07) is 1.69. The number of carbonyl (C=O) groups excluding carboxylic acids is 1. The number of aryl methyl sites for hydroxylation is 1. The van der Waals surface area contributed by atoms with Crippen LogP contribution in [-0.2, 0) is 4.74 Å². The summed E-state index contributed by atoms with van der Waals surface area (Å²) in [6.45, 7) is 6.13. The van der Waals surface area contributed by atoms with Gasteiger partial charge in [-0.1, -0.05) is 13.3 Å². The van der Waals surface area contributed by atoms with Crippen molar-refractivity contribution in [3.8, 4) is 0 Å². The third-order valence-corrected chi connectivity index (χ3v) is 2.83. The van der Waals surface area contributed by atoms with Crippen molar-refractivity contribution >= 4 is 17.3 Å². The molecular weight excluding hydrogens is 216 g/mol. The van der Waals surface area contributed by atoms with Crippen molar-refractivity contribution in [2.75, 3.05) is 18.1 Å².